The molecule has 0 aliphatic carbocycles. The molecule has 1 fully saturated rings. The van der Waals surface area contributed by atoms with Gasteiger partial charge in [0.25, 0.3) is 11.5 Å². The number of pyridine rings is 1. The topological polar surface area (TPSA) is 97.2 Å². The zero-order valence-corrected chi connectivity index (χ0v) is 17.2. The van der Waals surface area contributed by atoms with Gasteiger partial charge in [0.15, 0.2) is 0 Å². The summed E-state index contributed by atoms with van der Waals surface area (Å²) in [5, 5.41) is 3.52. The van der Waals surface area contributed by atoms with Crippen LogP contribution in [0.15, 0.2) is 29.5 Å². The Labute approximate surface area is 175 Å². The van der Waals surface area contributed by atoms with Crippen LogP contribution in [-0.2, 0) is 11.3 Å². The molecule has 4 heterocycles. The Kier molecular flexibility index (Phi) is 5.33. The second-order valence-electron chi connectivity index (χ2n) is 6.82. The van der Waals surface area contributed by atoms with E-state index in [2.05, 4.69) is 15.3 Å². The molecule has 0 atom stereocenters. The maximum absolute atomic E-state index is 12.9. The Morgan fingerprint density at radius 3 is 2.69 bits per heavy atom. The molecule has 150 valence electrons. The number of aromatic nitrogens is 3. The van der Waals surface area contributed by atoms with Crippen LogP contribution in [0.2, 0.25) is 5.02 Å². The number of likely N-dealkylation sites (tertiary alicyclic amines) is 1. The molecule has 4 rings (SSSR count). The molecular weight excluding hydrogens is 414 g/mol. The van der Waals surface area contributed by atoms with E-state index in [0.29, 0.717) is 31.5 Å². The largest absolute Gasteiger partial charge is 0.341 e. The molecule has 1 N–H and O–H groups in total. The standard InChI is InChI=1S/C19H18ClN5O3S/c1-11-15-18(29-16(11)17(27)23-13-5-4-12(20)8-21-13)22-10-25(19(15)28)9-14(26)24-6-2-3-7-24/h4-5,8,10H,2-3,6-7,9H2,1H3,(H,21,23,27). The van der Waals surface area contributed by atoms with E-state index >= 15 is 0 Å². The Balaban J connectivity index is 1.62. The Hall–Kier alpha value is -2.78. The third-order valence-electron chi connectivity index (χ3n) is 4.86. The Morgan fingerprint density at radius 2 is 2.00 bits per heavy atom. The number of aryl methyl sites for hydroxylation is 1. The Morgan fingerprint density at radius 1 is 1.24 bits per heavy atom. The number of nitrogens with one attached hydrogen (secondary N) is 1. The predicted octanol–water partition coefficient (Wildman–Crippen LogP) is 2.69. The zero-order valence-electron chi connectivity index (χ0n) is 15.6. The van der Waals surface area contributed by atoms with E-state index < -0.39 is 0 Å². The van der Waals surface area contributed by atoms with E-state index in [1.807, 2.05) is 0 Å². The lowest BCUT2D eigenvalue weighted by Gasteiger charge is -2.15. The SMILES string of the molecule is Cc1c(C(=O)Nc2ccc(Cl)cn2)sc2ncn(CC(=O)N3CCCC3)c(=O)c12. The highest BCUT2D eigenvalue weighted by Gasteiger charge is 2.22. The van der Waals surface area contributed by atoms with Crippen molar-refractivity contribution in [2.45, 2.75) is 26.3 Å². The van der Waals surface area contributed by atoms with Crippen LogP contribution in [0.25, 0.3) is 10.2 Å². The van der Waals surface area contributed by atoms with E-state index in [9.17, 15) is 14.4 Å². The van der Waals surface area contributed by atoms with E-state index in [1.54, 1.807) is 24.0 Å². The first-order valence-electron chi connectivity index (χ1n) is 9.13. The third-order valence-corrected chi connectivity index (χ3v) is 6.28. The number of anilines is 1. The van der Waals surface area contributed by atoms with E-state index in [0.717, 1.165) is 37.3 Å². The number of fused-ring (bicyclic) bond motifs is 1. The van der Waals surface area contributed by atoms with Crippen molar-refractivity contribution in [1.82, 2.24) is 19.4 Å². The number of carbonyl (C=O) groups is 2. The quantitative estimate of drug-likeness (QED) is 0.685. The smallest absolute Gasteiger partial charge is 0.267 e. The van der Waals surface area contributed by atoms with Gasteiger partial charge in [0.1, 0.15) is 17.2 Å². The average Bonchev–Trinajstić information content (AvgIpc) is 3.34. The van der Waals surface area contributed by atoms with Crippen LogP contribution < -0.4 is 10.9 Å². The molecule has 0 bridgehead atoms. The first-order valence-corrected chi connectivity index (χ1v) is 10.3. The molecule has 0 unspecified atom stereocenters. The van der Waals surface area contributed by atoms with Crippen molar-refractivity contribution in [2.24, 2.45) is 0 Å². The molecule has 3 aromatic rings. The molecule has 0 aromatic carbocycles. The fraction of sp³-hybridized carbons (Fsp3) is 0.316. The van der Waals surface area contributed by atoms with Crippen molar-refractivity contribution in [3.05, 3.63) is 50.5 Å². The van der Waals surface area contributed by atoms with Crippen LogP contribution in [0.4, 0.5) is 5.82 Å². The summed E-state index contributed by atoms with van der Waals surface area (Å²) in [6.07, 6.45) is 4.79. The summed E-state index contributed by atoms with van der Waals surface area (Å²) in [6, 6.07) is 3.22. The normalized spacial score (nSPS) is 13.8. The maximum atomic E-state index is 12.9. The highest BCUT2D eigenvalue weighted by Crippen LogP contribution is 2.27. The molecule has 10 heteroatoms. The van der Waals surface area contributed by atoms with Crippen molar-refractivity contribution in [3.63, 3.8) is 0 Å². The van der Waals surface area contributed by atoms with Gasteiger partial charge in [-0.2, -0.15) is 0 Å². The van der Waals surface area contributed by atoms with E-state index in [4.69, 9.17) is 11.6 Å². The minimum Gasteiger partial charge on any atom is -0.341 e. The van der Waals surface area contributed by atoms with Crippen molar-refractivity contribution in [1.29, 1.82) is 0 Å². The molecule has 0 spiro atoms. The summed E-state index contributed by atoms with van der Waals surface area (Å²) in [5.41, 5.74) is 0.219. The highest BCUT2D eigenvalue weighted by molar-refractivity contribution is 7.20. The summed E-state index contributed by atoms with van der Waals surface area (Å²) in [6.45, 7) is 3.11. The molecular formula is C19H18ClN5O3S. The summed E-state index contributed by atoms with van der Waals surface area (Å²) >= 11 is 6.94. The number of nitrogens with zero attached hydrogens (tertiary/aromatic N) is 4. The first kappa shape index (κ1) is 19.5. The van der Waals surface area contributed by atoms with Gasteiger partial charge in [-0.1, -0.05) is 11.6 Å². The van der Waals surface area contributed by atoms with Gasteiger partial charge in [-0.25, -0.2) is 9.97 Å². The lowest BCUT2D eigenvalue weighted by Crippen LogP contribution is -2.34. The van der Waals surface area contributed by atoms with Crippen LogP contribution in [-0.4, -0.2) is 44.3 Å². The van der Waals surface area contributed by atoms with Crippen LogP contribution in [0.5, 0.6) is 0 Å². The number of carbonyl (C=O) groups excluding carboxylic acids is 2. The first-order chi connectivity index (χ1) is 13.9. The number of halogens is 1. The lowest BCUT2D eigenvalue weighted by molar-refractivity contribution is -0.130. The van der Waals surface area contributed by atoms with Gasteiger partial charge in [0, 0.05) is 19.3 Å². The number of hydrogen-bond donors (Lipinski definition) is 1. The summed E-state index contributed by atoms with van der Waals surface area (Å²) in [7, 11) is 0. The van der Waals surface area contributed by atoms with Gasteiger partial charge >= 0.3 is 0 Å². The van der Waals surface area contributed by atoms with Gasteiger partial charge in [0.2, 0.25) is 5.91 Å². The minimum atomic E-state index is -0.376. The van der Waals surface area contributed by atoms with Gasteiger partial charge in [-0.15, -0.1) is 11.3 Å². The van der Waals surface area contributed by atoms with Crippen LogP contribution in [0, 0.1) is 6.92 Å². The van der Waals surface area contributed by atoms with Gasteiger partial charge in [0.05, 0.1) is 21.6 Å². The highest BCUT2D eigenvalue weighted by atomic mass is 35.5. The molecule has 3 aromatic heterocycles. The monoisotopic (exact) mass is 431 g/mol. The second kappa shape index (κ2) is 7.92. The number of thiophene rings is 1. The predicted molar refractivity (Wildman–Crippen MR) is 112 cm³/mol. The maximum Gasteiger partial charge on any atom is 0.267 e. The van der Waals surface area contributed by atoms with Crippen molar-refractivity contribution in [2.75, 3.05) is 18.4 Å². The molecule has 2 amide bonds. The van der Waals surface area contributed by atoms with Gasteiger partial charge in [-0.3, -0.25) is 19.0 Å². The van der Waals surface area contributed by atoms with Crippen LogP contribution >= 0.6 is 22.9 Å². The molecule has 8 nitrogen and oxygen atoms in total. The molecule has 0 saturated carbocycles. The fourth-order valence-corrected chi connectivity index (χ4v) is 4.47. The van der Waals surface area contributed by atoms with Crippen molar-refractivity contribution in [3.8, 4) is 0 Å². The molecule has 0 radical (unpaired) electrons. The molecule has 1 saturated heterocycles. The number of hydrogen-bond acceptors (Lipinski definition) is 6. The molecule has 29 heavy (non-hydrogen) atoms. The summed E-state index contributed by atoms with van der Waals surface area (Å²) < 4.78 is 1.31. The summed E-state index contributed by atoms with van der Waals surface area (Å²) in [5.74, 6) is -0.109. The molecule has 1 aliphatic rings. The van der Waals surface area contributed by atoms with E-state index in [-0.39, 0.29) is 23.9 Å². The number of amides is 2. The second-order valence-corrected chi connectivity index (χ2v) is 8.25. The zero-order chi connectivity index (χ0) is 20.5. The minimum absolute atomic E-state index is 0.0483. The lowest BCUT2D eigenvalue weighted by atomic mass is 10.2. The van der Waals surface area contributed by atoms with Gasteiger partial charge in [-0.05, 0) is 37.5 Å². The Bertz CT molecular complexity index is 1150. The average molecular weight is 432 g/mol. The third kappa shape index (κ3) is 3.88. The summed E-state index contributed by atoms with van der Waals surface area (Å²) in [4.78, 5) is 48.9. The van der Waals surface area contributed by atoms with Crippen LogP contribution in [0.3, 0.4) is 0 Å². The van der Waals surface area contributed by atoms with Gasteiger partial charge < -0.3 is 10.2 Å². The van der Waals surface area contributed by atoms with Crippen molar-refractivity contribution < 1.29 is 9.59 Å². The van der Waals surface area contributed by atoms with E-state index in [1.165, 1.54) is 17.1 Å². The fourth-order valence-electron chi connectivity index (χ4n) is 3.32. The van der Waals surface area contributed by atoms with Crippen molar-refractivity contribution >= 4 is 50.8 Å². The number of rotatable bonds is 4. The molecule has 1 aliphatic heterocycles. The van der Waals surface area contributed by atoms with Crippen LogP contribution in [0.1, 0.15) is 28.1 Å².